The van der Waals surface area contributed by atoms with Crippen LogP contribution >= 0.6 is 0 Å². The molecule has 3 fully saturated rings. The quantitative estimate of drug-likeness (QED) is 0.737. The lowest BCUT2D eigenvalue weighted by molar-refractivity contribution is -0.149. The maximum Gasteiger partial charge on any atom is 0.251 e. The molecule has 0 radical (unpaired) electrons. The lowest BCUT2D eigenvalue weighted by Crippen LogP contribution is -2.58. The number of aliphatic hydroxyl groups excluding tert-OH is 1. The molecule has 1 aromatic carbocycles. The second-order valence-electron chi connectivity index (χ2n) is 10.7. The molecule has 1 saturated heterocycles. The first-order chi connectivity index (χ1) is 15.2. The Morgan fingerprint density at radius 1 is 1.22 bits per heavy atom. The zero-order valence-electron chi connectivity index (χ0n) is 19.5. The third-order valence-corrected chi connectivity index (χ3v) is 8.74. The normalized spacial score (nSPS) is 35.8. The summed E-state index contributed by atoms with van der Waals surface area (Å²) >= 11 is 0. The maximum atomic E-state index is 13.6. The van der Waals surface area contributed by atoms with E-state index in [4.69, 9.17) is 0 Å². The molecule has 0 spiro atoms. The van der Waals surface area contributed by atoms with Crippen molar-refractivity contribution in [3.8, 4) is 0 Å². The summed E-state index contributed by atoms with van der Waals surface area (Å²) in [5.41, 5.74) is 0.323. The molecule has 1 aromatic rings. The van der Waals surface area contributed by atoms with E-state index < -0.39 is 11.9 Å². The van der Waals surface area contributed by atoms with Gasteiger partial charge in [-0.25, -0.2) is 4.39 Å². The first kappa shape index (κ1) is 23.2. The number of fused-ring (bicyclic) bond motifs is 1. The van der Waals surface area contributed by atoms with Gasteiger partial charge >= 0.3 is 0 Å². The van der Waals surface area contributed by atoms with Crippen molar-refractivity contribution in [1.29, 1.82) is 0 Å². The topological polar surface area (TPSA) is 69.6 Å². The molecule has 1 heterocycles. The number of likely N-dealkylation sites (tertiary alicyclic amines) is 1. The molecule has 32 heavy (non-hydrogen) atoms. The fourth-order valence-electron chi connectivity index (χ4n) is 6.79. The molecule has 1 aliphatic heterocycles. The van der Waals surface area contributed by atoms with Crippen LogP contribution in [-0.4, -0.2) is 47.1 Å². The SMILES string of the molecule is C[C@@H]1[C@@H]2[C@@H](O)[C@H]([C@H](C)C(=O)N3CCCC3)CC[C@]2(C)CC[C@@H]1NC(=O)c1cccc(F)c1. The van der Waals surface area contributed by atoms with Crippen LogP contribution in [-0.2, 0) is 4.79 Å². The van der Waals surface area contributed by atoms with Crippen LogP contribution in [0.4, 0.5) is 4.39 Å². The van der Waals surface area contributed by atoms with E-state index in [0.29, 0.717) is 5.56 Å². The van der Waals surface area contributed by atoms with E-state index in [1.165, 1.54) is 12.1 Å². The van der Waals surface area contributed by atoms with Gasteiger partial charge in [0.15, 0.2) is 0 Å². The van der Waals surface area contributed by atoms with Crippen molar-refractivity contribution < 1.29 is 19.1 Å². The van der Waals surface area contributed by atoms with Crippen LogP contribution in [0.15, 0.2) is 24.3 Å². The summed E-state index contributed by atoms with van der Waals surface area (Å²) in [6.45, 7) is 8.01. The van der Waals surface area contributed by atoms with Crippen molar-refractivity contribution in [3.63, 3.8) is 0 Å². The highest BCUT2D eigenvalue weighted by Gasteiger charge is 2.54. The molecule has 5 nitrogen and oxygen atoms in total. The molecule has 0 bridgehead atoms. The summed E-state index contributed by atoms with van der Waals surface area (Å²) in [7, 11) is 0. The number of rotatable bonds is 4. The predicted molar refractivity (Wildman–Crippen MR) is 121 cm³/mol. The second kappa shape index (κ2) is 9.12. The Morgan fingerprint density at radius 2 is 1.91 bits per heavy atom. The van der Waals surface area contributed by atoms with Crippen molar-refractivity contribution in [2.24, 2.45) is 29.1 Å². The van der Waals surface area contributed by atoms with Crippen LogP contribution in [0.2, 0.25) is 0 Å². The fourth-order valence-corrected chi connectivity index (χ4v) is 6.79. The number of nitrogens with one attached hydrogen (secondary N) is 1. The summed E-state index contributed by atoms with van der Waals surface area (Å²) < 4.78 is 13.6. The van der Waals surface area contributed by atoms with E-state index in [0.717, 1.165) is 51.6 Å². The Morgan fingerprint density at radius 3 is 2.59 bits per heavy atom. The zero-order valence-corrected chi connectivity index (χ0v) is 19.5. The van der Waals surface area contributed by atoms with Crippen LogP contribution in [0.1, 0.15) is 69.7 Å². The van der Waals surface area contributed by atoms with E-state index in [9.17, 15) is 19.1 Å². The zero-order chi connectivity index (χ0) is 23.0. The molecular formula is C26H37FN2O3. The van der Waals surface area contributed by atoms with Gasteiger partial charge in [0.1, 0.15) is 5.82 Å². The van der Waals surface area contributed by atoms with Crippen molar-refractivity contribution in [2.75, 3.05) is 13.1 Å². The number of benzene rings is 1. The summed E-state index contributed by atoms with van der Waals surface area (Å²) in [6.07, 6.45) is 5.18. The van der Waals surface area contributed by atoms with Gasteiger partial charge in [-0.15, -0.1) is 0 Å². The van der Waals surface area contributed by atoms with Crippen LogP contribution in [0, 0.1) is 34.9 Å². The molecule has 2 saturated carbocycles. The second-order valence-corrected chi connectivity index (χ2v) is 10.7. The van der Waals surface area contributed by atoms with E-state index in [-0.39, 0.29) is 46.9 Å². The minimum Gasteiger partial charge on any atom is -0.392 e. The highest BCUT2D eigenvalue weighted by molar-refractivity contribution is 5.94. The number of aliphatic hydroxyl groups is 1. The summed E-state index contributed by atoms with van der Waals surface area (Å²) in [6, 6.07) is 5.66. The summed E-state index contributed by atoms with van der Waals surface area (Å²) in [5.74, 6) is -0.689. The first-order valence-electron chi connectivity index (χ1n) is 12.2. The van der Waals surface area contributed by atoms with E-state index in [1.54, 1.807) is 12.1 Å². The fraction of sp³-hybridized carbons (Fsp3) is 0.692. The van der Waals surface area contributed by atoms with Gasteiger partial charge in [-0.1, -0.05) is 26.8 Å². The minimum atomic E-state index is -0.570. The first-order valence-corrected chi connectivity index (χ1v) is 12.2. The van der Waals surface area contributed by atoms with Gasteiger partial charge in [-0.2, -0.15) is 0 Å². The standard InChI is InChI=1S/C26H37FN2O3/c1-16(25(32)29-13-4-5-14-29)20-9-11-26(3)12-10-21(17(2)22(26)23(20)30)28-24(31)18-7-6-8-19(27)15-18/h6-8,15-17,20-23,30H,4-5,9-14H2,1-3H3,(H,28,31)/t16-,17-,20-,21-,22+,23-,26+/m0/s1. The van der Waals surface area contributed by atoms with E-state index in [2.05, 4.69) is 19.2 Å². The van der Waals surface area contributed by atoms with Gasteiger partial charge < -0.3 is 15.3 Å². The highest BCUT2D eigenvalue weighted by Crippen LogP contribution is 2.55. The van der Waals surface area contributed by atoms with Crippen molar-refractivity contribution in [1.82, 2.24) is 10.2 Å². The van der Waals surface area contributed by atoms with Gasteiger partial charge in [0.2, 0.25) is 5.91 Å². The molecule has 176 valence electrons. The van der Waals surface area contributed by atoms with Crippen molar-refractivity contribution in [2.45, 2.75) is 71.4 Å². The van der Waals surface area contributed by atoms with E-state index in [1.807, 2.05) is 11.8 Å². The number of nitrogens with zero attached hydrogens (tertiary/aromatic N) is 1. The lowest BCUT2D eigenvalue weighted by atomic mass is 9.51. The van der Waals surface area contributed by atoms with Crippen LogP contribution in [0.5, 0.6) is 0 Å². The number of amides is 2. The van der Waals surface area contributed by atoms with Gasteiger partial charge in [0.25, 0.3) is 5.91 Å². The molecule has 4 rings (SSSR count). The Kier molecular flexibility index (Phi) is 6.62. The minimum absolute atomic E-state index is 0.00578. The van der Waals surface area contributed by atoms with Gasteiger partial charge in [-0.05, 0) is 79.9 Å². The van der Waals surface area contributed by atoms with Crippen LogP contribution in [0.3, 0.4) is 0 Å². The van der Waals surface area contributed by atoms with Crippen LogP contribution in [0.25, 0.3) is 0 Å². The van der Waals surface area contributed by atoms with Crippen LogP contribution < -0.4 is 5.32 Å². The third kappa shape index (κ3) is 4.30. The largest absolute Gasteiger partial charge is 0.392 e. The molecule has 2 N–H and O–H groups in total. The van der Waals surface area contributed by atoms with Crippen molar-refractivity contribution >= 4 is 11.8 Å². The molecule has 7 atom stereocenters. The maximum absolute atomic E-state index is 13.6. The smallest absolute Gasteiger partial charge is 0.251 e. The molecule has 0 aromatic heterocycles. The lowest BCUT2D eigenvalue weighted by Gasteiger charge is -2.56. The van der Waals surface area contributed by atoms with Gasteiger partial charge in [-0.3, -0.25) is 9.59 Å². The molecule has 6 heteroatoms. The number of hydrogen-bond donors (Lipinski definition) is 2. The molecule has 3 aliphatic rings. The molecule has 0 unspecified atom stereocenters. The average molecular weight is 445 g/mol. The average Bonchev–Trinajstić information content (AvgIpc) is 3.30. The predicted octanol–water partition coefficient (Wildman–Crippen LogP) is 4.01. The number of halogens is 1. The third-order valence-electron chi connectivity index (χ3n) is 8.74. The molecule has 2 amide bonds. The number of hydrogen-bond acceptors (Lipinski definition) is 3. The van der Waals surface area contributed by atoms with E-state index >= 15 is 0 Å². The van der Waals surface area contributed by atoms with Gasteiger partial charge in [0, 0.05) is 30.6 Å². The van der Waals surface area contributed by atoms with Crippen molar-refractivity contribution in [3.05, 3.63) is 35.6 Å². The number of carbonyl (C=O) groups is 2. The summed E-state index contributed by atoms with van der Waals surface area (Å²) in [4.78, 5) is 27.7. The Labute approximate surface area is 190 Å². The number of carbonyl (C=O) groups excluding carboxylic acids is 2. The Bertz CT molecular complexity index is 855. The Hall–Kier alpha value is -1.95. The molecular weight excluding hydrogens is 407 g/mol. The Balaban J connectivity index is 1.48. The van der Waals surface area contributed by atoms with Gasteiger partial charge in [0.05, 0.1) is 6.10 Å². The molecule has 2 aliphatic carbocycles. The summed E-state index contributed by atoms with van der Waals surface area (Å²) in [5, 5.41) is 14.6. The highest BCUT2D eigenvalue weighted by atomic mass is 19.1. The monoisotopic (exact) mass is 444 g/mol.